The highest BCUT2D eigenvalue weighted by Crippen LogP contribution is 2.21. The lowest BCUT2D eigenvalue weighted by molar-refractivity contribution is 0.349. The zero-order valence-corrected chi connectivity index (χ0v) is 8.32. The number of fused-ring (bicyclic) bond motifs is 1. The molecule has 0 aliphatic rings. The molecule has 1 heterocycles. The standard InChI is InChI=1S/C10H13N3O/c1-13(2)6-9-12-8-5-3-4-7(11)10(8)14-9/h3-5H,6,11H2,1-2H3. The monoisotopic (exact) mass is 191 g/mol. The van der Waals surface area contributed by atoms with Gasteiger partial charge in [-0.25, -0.2) is 4.98 Å². The van der Waals surface area contributed by atoms with Crippen molar-refractivity contribution in [1.29, 1.82) is 0 Å². The molecular formula is C10H13N3O. The van der Waals surface area contributed by atoms with Crippen LogP contribution in [-0.2, 0) is 6.54 Å². The molecule has 0 saturated heterocycles. The van der Waals surface area contributed by atoms with Crippen molar-refractivity contribution in [3.8, 4) is 0 Å². The SMILES string of the molecule is CN(C)Cc1nc2cccc(N)c2o1. The van der Waals surface area contributed by atoms with Crippen molar-refractivity contribution in [3.63, 3.8) is 0 Å². The van der Waals surface area contributed by atoms with Crippen LogP contribution in [0.1, 0.15) is 5.89 Å². The van der Waals surface area contributed by atoms with E-state index < -0.39 is 0 Å². The largest absolute Gasteiger partial charge is 0.437 e. The number of nitrogen functional groups attached to an aromatic ring is 1. The third kappa shape index (κ3) is 1.56. The van der Waals surface area contributed by atoms with Gasteiger partial charge >= 0.3 is 0 Å². The zero-order chi connectivity index (χ0) is 10.1. The van der Waals surface area contributed by atoms with Crippen molar-refractivity contribution in [3.05, 3.63) is 24.1 Å². The first-order valence-electron chi connectivity index (χ1n) is 4.45. The minimum absolute atomic E-state index is 0.639. The molecule has 0 spiro atoms. The molecule has 14 heavy (non-hydrogen) atoms. The fourth-order valence-electron chi connectivity index (χ4n) is 1.35. The molecule has 74 valence electrons. The van der Waals surface area contributed by atoms with Gasteiger partial charge in [0.2, 0.25) is 5.89 Å². The van der Waals surface area contributed by atoms with Crippen molar-refractivity contribution in [2.24, 2.45) is 0 Å². The molecule has 0 aliphatic heterocycles. The summed E-state index contributed by atoms with van der Waals surface area (Å²) in [6, 6.07) is 5.58. The highest BCUT2D eigenvalue weighted by molar-refractivity contribution is 5.84. The second-order valence-electron chi connectivity index (χ2n) is 3.54. The van der Waals surface area contributed by atoms with Crippen LogP contribution < -0.4 is 5.73 Å². The molecule has 4 heteroatoms. The van der Waals surface area contributed by atoms with Crippen LogP contribution in [0.2, 0.25) is 0 Å². The lowest BCUT2D eigenvalue weighted by atomic mass is 10.3. The number of anilines is 1. The Kier molecular flexibility index (Phi) is 2.13. The van der Waals surface area contributed by atoms with Crippen LogP contribution in [-0.4, -0.2) is 24.0 Å². The minimum atomic E-state index is 0.639. The molecular weight excluding hydrogens is 178 g/mol. The minimum Gasteiger partial charge on any atom is -0.437 e. The molecule has 2 aromatic rings. The van der Waals surface area contributed by atoms with E-state index in [1.54, 1.807) is 0 Å². The maximum atomic E-state index is 5.75. The fraction of sp³-hybridized carbons (Fsp3) is 0.300. The number of hydrogen-bond acceptors (Lipinski definition) is 4. The molecule has 0 saturated carbocycles. The molecule has 0 bridgehead atoms. The quantitative estimate of drug-likeness (QED) is 0.730. The number of nitrogens with two attached hydrogens (primary N) is 1. The molecule has 2 N–H and O–H groups in total. The zero-order valence-electron chi connectivity index (χ0n) is 8.32. The van der Waals surface area contributed by atoms with E-state index in [-0.39, 0.29) is 0 Å². The maximum absolute atomic E-state index is 5.75. The van der Waals surface area contributed by atoms with Crippen molar-refractivity contribution >= 4 is 16.8 Å². The molecule has 0 radical (unpaired) electrons. The highest BCUT2D eigenvalue weighted by Gasteiger charge is 2.07. The predicted octanol–water partition coefficient (Wildman–Crippen LogP) is 1.47. The number of aromatic nitrogens is 1. The number of benzene rings is 1. The van der Waals surface area contributed by atoms with Crippen LogP contribution >= 0.6 is 0 Å². The number of rotatable bonds is 2. The van der Waals surface area contributed by atoms with Crippen molar-refractivity contribution in [2.45, 2.75) is 6.54 Å². The number of nitrogens with zero attached hydrogens (tertiary/aromatic N) is 2. The Bertz CT molecular complexity index is 448. The molecule has 4 nitrogen and oxygen atoms in total. The van der Waals surface area contributed by atoms with Gasteiger partial charge in [-0.15, -0.1) is 0 Å². The van der Waals surface area contributed by atoms with Crippen molar-refractivity contribution in [1.82, 2.24) is 9.88 Å². The van der Waals surface area contributed by atoms with Gasteiger partial charge in [-0.3, -0.25) is 0 Å². The smallest absolute Gasteiger partial charge is 0.209 e. The summed E-state index contributed by atoms with van der Waals surface area (Å²) in [6.07, 6.45) is 0. The number of oxazole rings is 1. The normalized spacial score (nSPS) is 11.4. The van der Waals surface area contributed by atoms with E-state index in [2.05, 4.69) is 4.98 Å². The van der Waals surface area contributed by atoms with Crippen LogP contribution in [0.15, 0.2) is 22.6 Å². The van der Waals surface area contributed by atoms with Crippen LogP contribution in [0.3, 0.4) is 0 Å². The van der Waals surface area contributed by atoms with Gasteiger partial charge in [0.25, 0.3) is 0 Å². The summed E-state index contributed by atoms with van der Waals surface area (Å²) < 4.78 is 5.53. The number of para-hydroxylation sites is 1. The first kappa shape index (κ1) is 9.02. The lowest BCUT2D eigenvalue weighted by Gasteiger charge is -2.03. The topological polar surface area (TPSA) is 55.3 Å². The van der Waals surface area contributed by atoms with Gasteiger partial charge in [-0.05, 0) is 26.2 Å². The molecule has 0 unspecified atom stereocenters. The Morgan fingerprint density at radius 1 is 1.43 bits per heavy atom. The number of hydrogen-bond donors (Lipinski definition) is 1. The van der Waals surface area contributed by atoms with E-state index in [9.17, 15) is 0 Å². The van der Waals surface area contributed by atoms with Crippen molar-refractivity contribution in [2.75, 3.05) is 19.8 Å². The van der Waals surface area contributed by atoms with Crippen LogP contribution in [0.4, 0.5) is 5.69 Å². The average Bonchev–Trinajstić information content (AvgIpc) is 2.47. The van der Waals surface area contributed by atoms with E-state index in [1.165, 1.54) is 0 Å². The van der Waals surface area contributed by atoms with Crippen LogP contribution in [0.5, 0.6) is 0 Å². The maximum Gasteiger partial charge on any atom is 0.209 e. The van der Waals surface area contributed by atoms with Gasteiger partial charge in [0.15, 0.2) is 5.58 Å². The van der Waals surface area contributed by atoms with Gasteiger partial charge in [0.05, 0.1) is 12.2 Å². The summed E-state index contributed by atoms with van der Waals surface area (Å²) in [7, 11) is 3.94. The summed E-state index contributed by atoms with van der Waals surface area (Å²) in [5.74, 6) is 0.697. The van der Waals surface area contributed by atoms with E-state index in [1.807, 2.05) is 37.2 Å². The summed E-state index contributed by atoms with van der Waals surface area (Å²) in [5.41, 5.74) is 7.90. The van der Waals surface area contributed by atoms with Gasteiger partial charge in [0.1, 0.15) is 5.52 Å². The predicted molar refractivity (Wildman–Crippen MR) is 55.8 cm³/mol. The Morgan fingerprint density at radius 2 is 2.21 bits per heavy atom. The second kappa shape index (κ2) is 3.31. The van der Waals surface area contributed by atoms with E-state index in [0.29, 0.717) is 23.7 Å². The van der Waals surface area contributed by atoms with Crippen molar-refractivity contribution < 1.29 is 4.42 Å². The van der Waals surface area contributed by atoms with Gasteiger partial charge in [-0.2, -0.15) is 0 Å². The van der Waals surface area contributed by atoms with Gasteiger partial charge in [0, 0.05) is 0 Å². The molecule has 0 atom stereocenters. The third-order valence-corrected chi connectivity index (χ3v) is 1.94. The first-order chi connectivity index (χ1) is 6.66. The summed E-state index contributed by atoms with van der Waals surface area (Å²) in [6.45, 7) is 0.689. The first-order valence-corrected chi connectivity index (χ1v) is 4.45. The molecule has 0 aliphatic carbocycles. The molecule has 2 rings (SSSR count). The summed E-state index contributed by atoms with van der Waals surface area (Å²) >= 11 is 0. The van der Waals surface area contributed by atoms with E-state index in [4.69, 9.17) is 10.2 Å². The average molecular weight is 191 g/mol. The Balaban J connectivity index is 2.46. The molecule has 0 fully saturated rings. The Hall–Kier alpha value is -1.55. The van der Waals surface area contributed by atoms with E-state index >= 15 is 0 Å². The fourth-order valence-corrected chi connectivity index (χ4v) is 1.35. The molecule has 0 amide bonds. The lowest BCUT2D eigenvalue weighted by Crippen LogP contribution is -2.10. The summed E-state index contributed by atoms with van der Waals surface area (Å²) in [5, 5.41) is 0. The molecule has 1 aromatic heterocycles. The van der Waals surface area contributed by atoms with E-state index in [0.717, 1.165) is 5.52 Å². The second-order valence-corrected chi connectivity index (χ2v) is 3.54. The Labute approximate surface area is 82.3 Å². The van der Waals surface area contributed by atoms with Gasteiger partial charge < -0.3 is 15.1 Å². The van der Waals surface area contributed by atoms with Crippen LogP contribution in [0.25, 0.3) is 11.1 Å². The van der Waals surface area contributed by atoms with Crippen LogP contribution in [0, 0.1) is 0 Å². The highest BCUT2D eigenvalue weighted by atomic mass is 16.3. The third-order valence-electron chi connectivity index (χ3n) is 1.94. The Morgan fingerprint density at radius 3 is 2.86 bits per heavy atom. The summed E-state index contributed by atoms with van der Waals surface area (Å²) in [4.78, 5) is 6.33. The molecule has 1 aromatic carbocycles. The van der Waals surface area contributed by atoms with Gasteiger partial charge in [-0.1, -0.05) is 6.07 Å².